The molecule has 1 atom stereocenters. The zero-order valence-corrected chi connectivity index (χ0v) is 10.7. The van der Waals surface area contributed by atoms with Crippen molar-refractivity contribution in [3.05, 3.63) is 16.1 Å². The van der Waals surface area contributed by atoms with Crippen LogP contribution in [0.25, 0.3) is 0 Å². The zero-order valence-electron chi connectivity index (χ0n) is 9.86. The van der Waals surface area contributed by atoms with Crippen LogP contribution < -0.4 is 10.6 Å². The molecule has 1 aromatic rings. The van der Waals surface area contributed by atoms with E-state index in [1.165, 1.54) is 4.88 Å². The molecule has 1 fully saturated rings. The third kappa shape index (κ3) is 3.49. The Hall–Kier alpha value is -0.980. The number of carbonyl (C=O) groups is 1. The number of morpholine rings is 1. The van der Waals surface area contributed by atoms with E-state index in [9.17, 15) is 4.79 Å². The summed E-state index contributed by atoms with van der Waals surface area (Å²) in [6.07, 6.45) is 2.49. The Morgan fingerprint density at radius 2 is 2.65 bits per heavy atom. The summed E-state index contributed by atoms with van der Waals surface area (Å²) >= 11 is 1.64. The van der Waals surface area contributed by atoms with E-state index in [0.29, 0.717) is 19.7 Å². The fourth-order valence-electron chi connectivity index (χ4n) is 1.60. The number of nitrogens with zero attached hydrogens (tertiary/aromatic N) is 1. The van der Waals surface area contributed by atoms with Crippen LogP contribution in [0.1, 0.15) is 16.8 Å². The molecule has 0 bridgehead atoms. The molecule has 0 radical (unpaired) electrons. The summed E-state index contributed by atoms with van der Waals surface area (Å²) in [7, 11) is 0. The van der Waals surface area contributed by atoms with Crippen molar-refractivity contribution in [3.63, 3.8) is 0 Å². The van der Waals surface area contributed by atoms with E-state index < -0.39 is 0 Å². The van der Waals surface area contributed by atoms with Crippen LogP contribution in [-0.2, 0) is 22.5 Å². The molecule has 1 unspecified atom stereocenters. The van der Waals surface area contributed by atoms with E-state index in [1.54, 1.807) is 11.3 Å². The Balaban J connectivity index is 1.78. The van der Waals surface area contributed by atoms with Gasteiger partial charge in [0.05, 0.1) is 13.2 Å². The lowest BCUT2D eigenvalue weighted by molar-refractivity contribution is -0.134. The van der Waals surface area contributed by atoms with Gasteiger partial charge in [0.15, 0.2) is 0 Å². The molecule has 1 aliphatic rings. The second kappa shape index (κ2) is 6.09. The van der Waals surface area contributed by atoms with Crippen LogP contribution in [0.5, 0.6) is 0 Å². The molecule has 17 heavy (non-hydrogen) atoms. The van der Waals surface area contributed by atoms with E-state index in [0.717, 1.165) is 18.0 Å². The monoisotopic (exact) mass is 255 g/mol. The number of amides is 1. The third-order valence-electron chi connectivity index (χ3n) is 2.58. The summed E-state index contributed by atoms with van der Waals surface area (Å²) in [4.78, 5) is 17.2. The molecule has 2 N–H and O–H groups in total. The Labute approximate surface area is 105 Å². The normalized spacial score (nSPS) is 20.2. The molecule has 1 saturated heterocycles. The first-order valence-electron chi connectivity index (χ1n) is 5.83. The molecule has 0 spiro atoms. The van der Waals surface area contributed by atoms with Crippen molar-refractivity contribution >= 4 is 17.2 Å². The van der Waals surface area contributed by atoms with E-state index >= 15 is 0 Å². The number of ether oxygens (including phenoxy) is 1. The molecule has 1 amide bonds. The van der Waals surface area contributed by atoms with E-state index in [1.807, 2.05) is 6.20 Å². The van der Waals surface area contributed by atoms with E-state index in [-0.39, 0.29) is 12.0 Å². The molecule has 0 aliphatic carbocycles. The second-order valence-corrected chi connectivity index (χ2v) is 5.05. The van der Waals surface area contributed by atoms with Crippen LogP contribution in [0.2, 0.25) is 0 Å². The number of aryl methyl sites for hydroxylation is 1. The summed E-state index contributed by atoms with van der Waals surface area (Å²) < 4.78 is 5.36. The van der Waals surface area contributed by atoms with Crippen LogP contribution >= 0.6 is 11.3 Å². The lowest BCUT2D eigenvalue weighted by Gasteiger charge is -2.22. The van der Waals surface area contributed by atoms with Gasteiger partial charge in [-0.05, 0) is 6.42 Å². The van der Waals surface area contributed by atoms with Crippen LogP contribution in [0.15, 0.2) is 6.20 Å². The molecule has 1 aliphatic heterocycles. The maximum atomic E-state index is 11.7. The highest BCUT2D eigenvalue weighted by molar-refractivity contribution is 7.11. The van der Waals surface area contributed by atoms with Crippen LogP contribution in [0, 0.1) is 0 Å². The number of thiazole rings is 1. The van der Waals surface area contributed by atoms with Crippen molar-refractivity contribution in [2.45, 2.75) is 26.0 Å². The lowest BCUT2D eigenvalue weighted by atomic mass is 10.3. The van der Waals surface area contributed by atoms with Gasteiger partial charge in [-0.1, -0.05) is 6.92 Å². The first kappa shape index (κ1) is 12.5. The van der Waals surface area contributed by atoms with Crippen molar-refractivity contribution in [1.29, 1.82) is 0 Å². The van der Waals surface area contributed by atoms with Crippen LogP contribution in [-0.4, -0.2) is 36.7 Å². The standard InChI is InChI=1S/C11H17N3O2S/c1-2-8-5-13-10(17-8)7-14-11(15)9-6-12-3-4-16-9/h5,9,12H,2-4,6-7H2,1H3,(H,14,15). The maximum absolute atomic E-state index is 11.7. The average molecular weight is 255 g/mol. The molecule has 2 heterocycles. The quantitative estimate of drug-likeness (QED) is 0.813. The van der Waals surface area contributed by atoms with Gasteiger partial charge in [-0.15, -0.1) is 11.3 Å². The summed E-state index contributed by atoms with van der Waals surface area (Å²) in [6.45, 7) is 4.58. The SMILES string of the molecule is CCc1cnc(CNC(=O)C2CNCCO2)s1. The minimum atomic E-state index is -0.366. The molecule has 6 heteroatoms. The lowest BCUT2D eigenvalue weighted by Crippen LogP contribution is -2.47. The number of carbonyl (C=O) groups excluding carboxylic acids is 1. The fourth-order valence-corrected chi connectivity index (χ4v) is 2.41. The van der Waals surface area contributed by atoms with Crippen molar-refractivity contribution in [1.82, 2.24) is 15.6 Å². The zero-order chi connectivity index (χ0) is 12.1. The van der Waals surface area contributed by atoms with Crippen molar-refractivity contribution < 1.29 is 9.53 Å². The molecule has 1 aromatic heterocycles. The Bertz CT molecular complexity index is 375. The molecular weight excluding hydrogens is 238 g/mol. The molecule has 0 aromatic carbocycles. The maximum Gasteiger partial charge on any atom is 0.250 e. The number of nitrogens with one attached hydrogen (secondary N) is 2. The predicted molar refractivity (Wildman–Crippen MR) is 65.9 cm³/mol. The summed E-state index contributed by atoms with van der Waals surface area (Å²) in [6, 6.07) is 0. The Morgan fingerprint density at radius 1 is 1.76 bits per heavy atom. The number of hydrogen-bond acceptors (Lipinski definition) is 5. The highest BCUT2D eigenvalue weighted by Crippen LogP contribution is 2.12. The van der Waals surface area contributed by atoms with Gasteiger partial charge in [-0.25, -0.2) is 4.98 Å². The van der Waals surface area contributed by atoms with Gasteiger partial charge < -0.3 is 15.4 Å². The molecule has 0 saturated carbocycles. The highest BCUT2D eigenvalue weighted by atomic mass is 32.1. The fraction of sp³-hybridized carbons (Fsp3) is 0.636. The third-order valence-corrected chi connectivity index (χ3v) is 3.73. The van der Waals surface area contributed by atoms with E-state index in [2.05, 4.69) is 22.5 Å². The van der Waals surface area contributed by atoms with Gasteiger partial charge >= 0.3 is 0 Å². The van der Waals surface area contributed by atoms with Crippen molar-refractivity contribution in [2.75, 3.05) is 19.7 Å². The first-order chi connectivity index (χ1) is 8.29. The smallest absolute Gasteiger partial charge is 0.250 e. The second-order valence-electron chi connectivity index (χ2n) is 3.86. The summed E-state index contributed by atoms with van der Waals surface area (Å²) in [5.41, 5.74) is 0. The largest absolute Gasteiger partial charge is 0.366 e. The number of hydrogen-bond donors (Lipinski definition) is 2. The minimum Gasteiger partial charge on any atom is -0.366 e. The van der Waals surface area contributed by atoms with E-state index in [4.69, 9.17) is 4.74 Å². The van der Waals surface area contributed by atoms with Gasteiger partial charge in [0.1, 0.15) is 11.1 Å². The van der Waals surface area contributed by atoms with Crippen LogP contribution in [0.4, 0.5) is 0 Å². The van der Waals surface area contributed by atoms with Gasteiger partial charge in [-0.2, -0.15) is 0 Å². The molecule has 94 valence electrons. The summed E-state index contributed by atoms with van der Waals surface area (Å²) in [5, 5.41) is 6.92. The summed E-state index contributed by atoms with van der Waals surface area (Å²) in [5.74, 6) is -0.0644. The van der Waals surface area contributed by atoms with Gasteiger partial charge in [0, 0.05) is 24.2 Å². The number of rotatable bonds is 4. The molecular formula is C11H17N3O2S. The topological polar surface area (TPSA) is 63.2 Å². The average Bonchev–Trinajstić information content (AvgIpc) is 2.85. The number of aromatic nitrogens is 1. The van der Waals surface area contributed by atoms with Gasteiger partial charge in [0.2, 0.25) is 0 Å². The van der Waals surface area contributed by atoms with Crippen molar-refractivity contribution in [3.8, 4) is 0 Å². The Kier molecular flexibility index (Phi) is 4.47. The first-order valence-corrected chi connectivity index (χ1v) is 6.65. The van der Waals surface area contributed by atoms with Gasteiger partial charge in [-0.3, -0.25) is 4.79 Å². The minimum absolute atomic E-state index is 0.0644. The molecule has 2 rings (SSSR count). The predicted octanol–water partition coefficient (Wildman–Crippen LogP) is 0.310. The highest BCUT2D eigenvalue weighted by Gasteiger charge is 2.21. The molecule has 5 nitrogen and oxygen atoms in total. The Morgan fingerprint density at radius 3 is 3.29 bits per heavy atom. The van der Waals surface area contributed by atoms with Crippen molar-refractivity contribution in [2.24, 2.45) is 0 Å². The van der Waals surface area contributed by atoms with Gasteiger partial charge in [0.25, 0.3) is 5.91 Å². The van der Waals surface area contributed by atoms with Crippen LogP contribution in [0.3, 0.4) is 0 Å².